The van der Waals surface area contributed by atoms with Crippen molar-refractivity contribution in [3.63, 3.8) is 0 Å². The SMILES string of the molecule is CC(N)C1CC1c1cc2ccccc2o1. The molecular formula is C13H15NO. The Labute approximate surface area is 89.1 Å². The zero-order chi connectivity index (χ0) is 10.4. The number of benzene rings is 1. The maximum Gasteiger partial charge on any atom is 0.134 e. The number of para-hydroxylation sites is 1. The molecule has 2 N–H and O–H groups in total. The molecule has 0 spiro atoms. The largest absolute Gasteiger partial charge is 0.461 e. The molecule has 3 rings (SSSR count). The number of hydrogen-bond donors (Lipinski definition) is 1. The second kappa shape index (κ2) is 3.11. The van der Waals surface area contributed by atoms with Gasteiger partial charge >= 0.3 is 0 Å². The summed E-state index contributed by atoms with van der Waals surface area (Å²) in [5.41, 5.74) is 6.87. The first-order valence-electron chi connectivity index (χ1n) is 5.50. The lowest BCUT2D eigenvalue weighted by molar-refractivity contribution is 0.525. The highest BCUT2D eigenvalue weighted by molar-refractivity contribution is 5.77. The first-order valence-corrected chi connectivity index (χ1v) is 5.50. The van der Waals surface area contributed by atoms with E-state index in [9.17, 15) is 0 Å². The molecule has 1 aliphatic rings. The quantitative estimate of drug-likeness (QED) is 0.811. The van der Waals surface area contributed by atoms with E-state index in [1.165, 1.54) is 11.8 Å². The van der Waals surface area contributed by atoms with Crippen molar-refractivity contribution in [2.75, 3.05) is 0 Å². The summed E-state index contributed by atoms with van der Waals surface area (Å²) in [6.07, 6.45) is 1.18. The van der Waals surface area contributed by atoms with E-state index >= 15 is 0 Å². The Balaban J connectivity index is 1.94. The molecule has 1 saturated carbocycles. The van der Waals surface area contributed by atoms with Crippen molar-refractivity contribution < 1.29 is 4.42 Å². The van der Waals surface area contributed by atoms with Crippen LogP contribution >= 0.6 is 0 Å². The van der Waals surface area contributed by atoms with Crippen LogP contribution in [-0.2, 0) is 0 Å². The van der Waals surface area contributed by atoms with E-state index in [2.05, 4.69) is 19.1 Å². The smallest absolute Gasteiger partial charge is 0.134 e. The van der Waals surface area contributed by atoms with Crippen molar-refractivity contribution in [2.24, 2.45) is 11.7 Å². The monoisotopic (exact) mass is 201 g/mol. The maximum atomic E-state index is 5.88. The van der Waals surface area contributed by atoms with Crippen LogP contribution in [0.4, 0.5) is 0 Å². The van der Waals surface area contributed by atoms with Crippen molar-refractivity contribution in [3.8, 4) is 0 Å². The molecule has 78 valence electrons. The van der Waals surface area contributed by atoms with Crippen molar-refractivity contribution in [1.82, 2.24) is 0 Å². The predicted molar refractivity (Wildman–Crippen MR) is 60.7 cm³/mol. The molecule has 2 heteroatoms. The van der Waals surface area contributed by atoms with Gasteiger partial charge in [0.05, 0.1) is 0 Å². The van der Waals surface area contributed by atoms with Gasteiger partial charge in [0, 0.05) is 17.3 Å². The fourth-order valence-electron chi connectivity index (χ4n) is 2.31. The summed E-state index contributed by atoms with van der Waals surface area (Å²) in [4.78, 5) is 0. The molecule has 0 amide bonds. The minimum absolute atomic E-state index is 0.281. The average Bonchev–Trinajstić information content (AvgIpc) is 2.91. The molecule has 1 aromatic carbocycles. The van der Waals surface area contributed by atoms with Gasteiger partial charge in [-0.2, -0.15) is 0 Å². The molecular weight excluding hydrogens is 186 g/mol. The van der Waals surface area contributed by atoms with Gasteiger partial charge in [-0.3, -0.25) is 0 Å². The maximum absolute atomic E-state index is 5.88. The van der Waals surface area contributed by atoms with Crippen LogP contribution in [-0.4, -0.2) is 6.04 Å². The topological polar surface area (TPSA) is 39.2 Å². The van der Waals surface area contributed by atoms with E-state index in [4.69, 9.17) is 10.2 Å². The van der Waals surface area contributed by atoms with Gasteiger partial charge in [0.1, 0.15) is 11.3 Å². The Kier molecular flexibility index (Phi) is 1.86. The highest BCUT2D eigenvalue weighted by atomic mass is 16.3. The lowest BCUT2D eigenvalue weighted by Crippen LogP contribution is -2.17. The molecule has 0 radical (unpaired) electrons. The van der Waals surface area contributed by atoms with Gasteiger partial charge in [0.15, 0.2) is 0 Å². The third kappa shape index (κ3) is 1.45. The molecule has 1 fully saturated rings. The molecule has 1 aromatic heterocycles. The molecule has 3 unspecified atom stereocenters. The average molecular weight is 201 g/mol. The highest BCUT2D eigenvalue weighted by Gasteiger charge is 2.42. The van der Waals surface area contributed by atoms with E-state index in [0.717, 1.165) is 11.3 Å². The summed E-state index contributed by atoms with van der Waals surface area (Å²) in [5, 5.41) is 1.20. The van der Waals surface area contributed by atoms with Crippen molar-refractivity contribution in [2.45, 2.75) is 25.3 Å². The molecule has 0 aliphatic heterocycles. The van der Waals surface area contributed by atoms with E-state index in [-0.39, 0.29) is 6.04 Å². The van der Waals surface area contributed by atoms with Gasteiger partial charge in [0.25, 0.3) is 0 Å². The van der Waals surface area contributed by atoms with Gasteiger partial charge in [-0.15, -0.1) is 0 Å². The first kappa shape index (κ1) is 8.98. The Morgan fingerprint density at radius 3 is 2.87 bits per heavy atom. The normalized spacial score (nSPS) is 26.8. The van der Waals surface area contributed by atoms with Gasteiger partial charge in [-0.05, 0) is 31.4 Å². The highest BCUT2D eigenvalue weighted by Crippen LogP contribution is 2.50. The number of fused-ring (bicyclic) bond motifs is 1. The fourth-order valence-corrected chi connectivity index (χ4v) is 2.31. The second-order valence-corrected chi connectivity index (χ2v) is 4.55. The third-order valence-corrected chi connectivity index (χ3v) is 3.33. The summed E-state index contributed by atoms with van der Waals surface area (Å²) < 4.78 is 5.82. The molecule has 0 bridgehead atoms. The van der Waals surface area contributed by atoms with Gasteiger partial charge in [-0.1, -0.05) is 18.2 Å². The van der Waals surface area contributed by atoms with E-state index < -0.39 is 0 Å². The standard InChI is InChI=1S/C13H15NO/c1-8(14)10-7-11(10)13-6-9-4-2-3-5-12(9)15-13/h2-6,8,10-11H,7,14H2,1H3. The number of hydrogen-bond acceptors (Lipinski definition) is 2. The van der Waals surface area contributed by atoms with E-state index in [1.54, 1.807) is 0 Å². The zero-order valence-corrected chi connectivity index (χ0v) is 8.81. The number of rotatable bonds is 2. The minimum atomic E-state index is 0.281. The second-order valence-electron chi connectivity index (χ2n) is 4.55. The zero-order valence-electron chi connectivity index (χ0n) is 8.81. The Hall–Kier alpha value is -1.28. The van der Waals surface area contributed by atoms with Crippen LogP contribution in [0.1, 0.15) is 25.0 Å². The van der Waals surface area contributed by atoms with Gasteiger partial charge in [-0.25, -0.2) is 0 Å². The molecule has 1 heterocycles. The number of nitrogens with two attached hydrogens (primary N) is 1. The molecule has 2 aromatic rings. The van der Waals surface area contributed by atoms with Crippen LogP contribution in [0.15, 0.2) is 34.7 Å². The summed E-state index contributed by atoms with van der Waals surface area (Å²) in [6, 6.07) is 10.6. The van der Waals surface area contributed by atoms with Crippen LogP contribution in [0.2, 0.25) is 0 Å². The Bertz CT molecular complexity index is 453. The minimum Gasteiger partial charge on any atom is -0.461 e. The third-order valence-electron chi connectivity index (χ3n) is 3.33. The summed E-state index contributed by atoms with van der Waals surface area (Å²) in [6.45, 7) is 2.08. The van der Waals surface area contributed by atoms with Crippen molar-refractivity contribution in [3.05, 3.63) is 36.1 Å². The van der Waals surface area contributed by atoms with Crippen LogP contribution in [0.25, 0.3) is 11.0 Å². The van der Waals surface area contributed by atoms with Crippen LogP contribution in [0.5, 0.6) is 0 Å². The van der Waals surface area contributed by atoms with Gasteiger partial charge < -0.3 is 10.2 Å². The number of furan rings is 1. The van der Waals surface area contributed by atoms with E-state index in [0.29, 0.717) is 11.8 Å². The molecule has 2 nitrogen and oxygen atoms in total. The van der Waals surface area contributed by atoms with Crippen LogP contribution in [0.3, 0.4) is 0 Å². The summed E-state index contributed by atoms with van der Waals surface area (Å²) in [5.74, 6) is 2.28. The summed E-state index contributed by atoms with van der Waals surface area (Å²) in [7, 11) is 0. The molecule has 1 aliphatic carbocycles. The molecule has 15 heavy (non-hydrogen) atoms. The Morgan fingerprint density at radius 1 is 1.40 bits per heavy atom. The van der Waals surface area contributed by atoms with Crippen molar-refractivity contribution >= 4 is 11.0 Å². The van der Waals surface area contributed by atoms with Crippen molar-refractivity contribution in [1.29, 1.82) is 0 Å². The first-order chi connectivity index (χ1) is 7.25. The fraction of sp³-hybridized carbons (Fsp3) is 0.385. The van der Waals surface area contributed by atoms with E-state index in [1.807, 2.05) is 18.2 Å². The lowest BCUT2D eigenvalue weighted by atomic mass is 10.1. The summed E-state index contributed by atoms with van der Waals surface area (Å²) >= 11 is 0. The Morgan fingerprint density at radius 2 is 2.20 bits per heavy atom. The molecule has 3 atom stereocenters. The van der Waals surface area contributed by atoms with Crippen LogP contribution < -0.4 is 5.73 Å². The predicted octanol–water partition coefficient (Wildman–Crippen LogP) is 2.88. The molecule has 0 saturated heterocycles. The van der Waals surface area contributed by atoms with Gasteiger partial charge in [0.2, 0.25) is 0 Å². The van der Waals surface area contributed by atoms with Crippen LogP contribution in [0, 0.1) is 5.92 Å². The lowest BCUT2D eigenvalue weighted by Gasteiger charge is -2.00.